The van der Waals surface area contributed by atoms with E-state index in [2.05, 4.69) is 44.8 Å². The Morgan fingerprint density at radius 2 is 1.65 bits per heavy atom. The molecule has 0 aromatic heterocycles. The van der Waals surface area contributed by atoms with Gasteiger partial charge in [0.1, 0.15) is 16.5 Å². The predicted octanol–water partition coefficient (Wildman–Crippen LogP) is 6.44. The quantitative estimate of drug-likeness (QED) is 0.408. The molecule has 2 amide bonds. The number of nitrogens with one attached hydrogen (secondary N) is 1. The van der Waals surface area contributed by atoms with E-state index in [4.69, 9.17) is 28.2 Å². The lowest BCUT2D eigenvalue weighted by atomic mass is 9.81. The third kappa shape index (κ3) is 5.49. The average Bonchev–Trinajstić information content (AvgIpc) is 3.65. The van der Waals surface area contributed by atoms with Gasteiger partial charge in [-0.25, -0.2) is 4.99 Å². The van der Waals surface area contributed by atoms with Crippen molar-refractivity contribution >= 4 is 51.9 Å². The van der Waals surface area contributed by atoms with E-state index in [1.165, 1.54) is 11.8 Å². The fourth-order valence-electron chi connectivity index (χ4n) is 7.00. The highest BCUT2D eigenvalue weighted by atomic mass is 35.5. The van der Waals surface area contributed by atoms with Crippen molar-refractivity contribution in [3.05, 3.63) is 80.3 Å². The minimum atomic E-state index is -0.628. The number of halogens is 2. The first-order chi connectivity index (χ1) is 20.4. The minimum absolute atomic E-state index is 0.0484. The molecule has 2 fully saturated rings. The number of piperazine rings is 1. The number of fused-ring (bicyclic) bond motifs is 1. The highest BCUT2D eigenvalue weighted by molar-refractivity contribution is 8.18. The number of allylic oxidation sites excluding steroid dienone is 1. The standard InChI is InChI=1S/C33H39Cl2N5O2S/c1-20(2)26-27(30(42)39-17-6-7-25(39)29(41)38-18-16-36-32(3,4)19-38)43-31-37-33(5,22-10-14-24(35)15-11-22)28(40(26)31)21-8-12-23(34)13-9-21/h8-15,20,25,28,36H,6-7,16-19H2,1-5H3/t25-,28+,33-/m0/s1. The number of rotatable bonds is 5. The summed E-state index contributed by atoms with van der Waals surface area (Å²) < 4.78 is 0. The maximum atomic E-state index is 14.4. The number of carbonyl (C=O) groups is 2. The molecule has 0 unspecified atom stereocenters. The normalized spacial score (nSPS) is 26.8. The highest BCUT2D eigenvalue weighted by Crippen LogP contribution is 2.56. The van der Waals surface area contributed by atoms with Crippen molar-refractivity contribution < 1.29 is 9.59 Å². The maximum Gasteiger partial charge on any atom is 0.263 e. The van der Waals surface area contributed by atoms with Gasteiger partial charge in [-0.2, -0.15) is 0 Å². The molecule has 0 radical (unpaired) electrons. The molecule has 10 heteroatoms. The summed E-state index contributed by atoms with van der Waals surface area (Å²) in [4.78, 5) is 40.2. The summed E-state index contributed by atoms with van der Waals surface area (Å²) in [5.41, 5.74) is 2.28. The molecule has 4 heterocycles. The Kier molecular flexibility index (Phi) is 8.12. The minimum Gasteiger partial charge on any atom is -0.338 e. The summed E-state index contributed by atoms with van der Waals surface area (Å²) in [7, 11) is 0. The highest BCUT2D eigenvalue weighted by Gasteiger charge is 2.54. The van der Waals surface area contributed by atoms with Crippen molar-refractivity contribution in [1.29, 1.82) is 0 Å². The summed E-state index contributed by atoms with van der Waals surface area (Å²) in [6, 6.07) is 15.1. The van der Waals surface area contributed by atoms with Gasteiger partial charge in [-0.1, -0.05) is 61.3 Å². The second-order valence-electron chi connectivity index (χ2n) is 13.1. The van der Waals surface area contributed by atoms with Crippen molar-refractivity contribution in [3.63, 3.8) is 0 Å². The van der Waals surface area contributed by atoms with E-state index in [1.807, 2.05) is 58.3 Å². The second kappa shape index (κ2) is 11.4. The SMILES string of the molecule is CC(C)C1=C(C(=O)N2CCC[C@H]2C(=O)N2CCNC(C)(C)C2)SC2=N[C@@](C)(c3ccc(Cl)cc3)[C@@H](c3ccc(Cl)cc3)N21. The first-order valence-electron chi connectivity index (χ1n) is 15.1. The molecule has 7 nitrogen and oxygen atoms in total. The van der Waals surface area contributed by atoms with Gasteiger partial charge < -0.3 is 20.0 Å². The van der Waals surface area contributed by atoms with Crippen LogP contribution in [0.25, 0.3) is 0 Å². The number of amides is 2. The van der Waals surface area contributed by atoms with E-state index in [9.17, 15) is 9.59 Å². The molecule has 228 valence electrons. The number of aliphatic imine (C=N–C) groups is 1. The number of thioether (sulfide) groups is 1. The van der Waals surface area contributed by atoms with Gasteiger partial charge in [0.05, 0.1) is 6.04 Å². The van der Waals surface area contributed by atoms with Crippen LogP contribution >= 0.6 is 35.0 Å². The van der Waals surface area contributed by atoms with Crippen LogP contribution in [0.2, 0.25) is 10.0 Å². The third-order valence-electron chi connectivity index (χ3n) is 9.05. The zero-order chi connectivity index (χ0) is 30.7. The van der Waals surface area contributed by atoms with Crippen molar-refractivity contribution in [2.75, 3.05) is 26.2 Å². The maximum absolute atomic E-state index is 14.4. The van der Waals surface area contributed by atoms with E-state index < -0.39 is 11.6 Å². The second-order valence-corrected chi connectivity index (χ2v) is 14.9. The largest absolute Gasteiger partial charge is 0.338 e. The van der Waals surface area contributed by atoms with E-state index in [0.29, 0.717) is 41.0 Å². The van der Waals surface area contributed by atoms with Crippen LogP contribution in [-0.4, -0.2) is 69.4 Å². The third-order valence-corrected chi connectivity index (χ3v) is 10.6. The summed E-state index contributed by atoms with van der Waals surface area (Å²) in [5, 5.41) is 5.62. The van der Waals surface area contributed by atoms with E-state index in [1.54, 1.807) is 0 Å². The Labute approximate surface area is 268 Å². The van der Waals surface area contributed by atoms with Crippen LogP contribution in [-0.2, 0) is 15.1 Å². The van der Waals surface area contributed by atoms with Crippen molar-refractivity contribution in [3.8, 4) is 0 Å². The summed E-state index contributed by atoms with van der Waals surface area (Å²) in [6.45, 7) is 13.2. The van der Waals surface area contributed by atoms with Gasteiger partial charge in [-0.3, -0.25) is 9.59 Å². The van der Waals surface area contributed by atoms with Gasteiger partial charge in [-0.15, -0.1) is 0 Å². The zero-order valence-corrected chi connectivity index (χ0v) is 27.7. The van der Waals surface area contributed by atoms with Crippen LogP contribution in [0.3, 0.4) is 0 Å². The summed E-state index contributed by atoms with van der Waals surface area (Å²) in [6.07, 6.45) is 1.51. The van der Waals surface area contributed by atoms with Crippen LogP contribution in [0, 0.1) is 5.92 Å². The molecule has 4 aliphatic rings. The van der Waals surface area contributed by atoms with Crippen molar-refractivity contribution in [2.24, 2.45) is 10.9 Å². The van der Waals surface area contributed by atoms with Crippen LogP contribution in [0.5, 0.6) is 0 Å². The summed E-state index contributed by atoms with van der Waals surface area (Å²) in [5.74, 6) is 0.0358. The van der Waals surface area contributed by atoms with Gasteiger partial charge >= 0.3 is 0 Å². The monoisotopic (exact) mass is 639 g/mol. The summed E-state index contributed by atoms with van der Waals surface area (Å²) >= 11 is 14.0. The molecule has 2 aromatic carbocycles. The number of hydrogen-bond donors (Lipinski definition) is 1. The lowest BCUT2D eigenvalue weighted by molar-refractivity contribution is -0.143. The molecular formula is C33H39Cl2N5O2S. The molecule has 0 saturated carbocycles. The molecule has 0 bridgehead atoms. The van der Waals surface area contributed by atoms with Gasteiger partial charge in [0.25, 0.3) is 5.91 Å². The number of nitrogens with zero attached hydrogens (tertiary/aromatic N) is 4. The van der Waals surface area contributed by atoms with E-state index in [0.717, 1.165) is 35.0 Å². The van der Waals surface area contributed by atoms with E-state index >= 15 is 0 Å². The molecule has 2 aromatic rings. The topological polar surface area (TPSA) is 68.2 Å². The number of carbonyl (C=O) groups excluding carboxylic acids is 2. The molecule has 3 atom stereocenters. The fraction of sp³-hybridized carbons (Fsp3) is 0.485. The number of likely N-dealkylation sites (tertiary alicyclic amines) is 1. The zero-order valence-electron chi connectivity index (χ0n) is 25.4. The molecule has 0 aliphatic carbocycles. The molecule has 1 N–H and O–H groups in total. The number of benzene rings is 2. The first-order valence-corrected chi connectivity index (χ1v) is 16.6. The number of hydrogen-bond acceptors (Lipinski definition) is 6. The Bertz CT molecular complexity index is 1490. The fourth-order valence-corrected chi connectivity index (χ4v) is 8.62. The van der Waals surface area contributed by atoms with E-state index in [-0.39, 0.29) is 29.3 Å². The van der Waals surface area contributed by atoms with Crippen LogP contribution in [0.1, 0.15) is 64.6 Å². The smallest absolute Gasteiger partial charge is 0.263 e. The lowest BCUT2D eigenvalue weighted by Gasteiger charge is -2.41. The Hall–Kier alpha value is -2.52. The number of amidine groups is 1. The average molecular weight is 641 g/mol. The van der Waals surface area contributed by atoms with Crippen LogP contribution in [0.15, 0.2) is 64.1 Å². The molecule has 0 spiro atoms. The predicted molar refractivity (Wildman–Crippen MR) is 175 cm³/mol. The first kappa shape index (κ1) is 30.5. The molecular weight excluding hydrogens is 601 g/mol. The molecule has 43 heavy (non-hydrogen) atoms. The van der Waals surface area contributed by atoms with Gasteiger partial charge in [0.2, 0.25) is 5.91 Å². The molecule has 2 saturated heterocycles. The molecule has 4 aliphatic heterocycles. The van der Waals surface area contributed by atoms with Gasteiger partial charge in [0, 0.05) is 47.5 Å². The Morgan fingerprint density at radius 1 is 1.00 bits per heavy atom. The van der Waals surface area contributed by atoms with Crippen molar-refractivity contribution in [2.45, 2.75) is 70.6 Å². The Morgan fingerprint density at radius 3 is 2.28 bits per heavy atom. The van der Waals surface area contributed by atoms with Crippen molar-refractivity contribution in [1.82, 2.24) is 20.0 Å². The van der Waals surface area contributed by atoms with Gasteiger partial charge in [0.15, 0.2) is 5.17 Å². The lowest BCUT2D eigenvalue weighted by Crippen LogP contribution is -2.61. The van der Waals surface area contributed by atoms with Crippen LogP contribution < -0.4 is 5.32 Å². The Balaban J connectivity index is 1.37. The molecule has 6 rings (SSSR count). The van der Waals surface area contributed by atoms with Crippen LogP contribution in [0.4, 0.5) is 0 Å². The van der Waals surface area contributed by atoms with Gasteiger partial charge in [-0.05, 0) is 86.7 Å².